The fourth-order valence-corrected chi connectivity index (χ4v) is 5.55. The van der Waals surface area contributed by atoms with Crippen LogP contribution in [0.3, 0.4) is 0 Å². The third-order valence-electron chi connectivity index (χ3n) is 7.52. The molecule has 6 heteroatoms. The highest BCUT2D eigenvalue weighted by atomic mass is 35.5. The predicted octanol–water partition coefficient (Wildman–Crippen LogP) is 6.51. The second-order valence-electron chi connectivity index (χ2n) is 9.45. The van der Waals surface area contributed by atoms with Crippen LogP contribution in [0.2, 0.25) is 0 Å². The Labute approximate surface area is 215 Å². The first-order chi connectivity index (χ1) is 15.6. The van der Waals surface area contributed by atoms with Crippen LogP contribution in [0.4, 0.5) is 0 Å². The lowest BCUT2D eigenvalue weighted by molar-refractivity contribution is -0.0818. The molecule has 1 aliphatic heterocycles. The Hall–Kier alpha value is -1.82. The zero-order valence-electron chi connectivity index (χ0n) is 19.8. The van der Waals surface area contributed by atoms with Crippen molar-refractivity contribution in [2.75, 3.05) is 19.6 Å². The molecule has 0 bridgehead atoms. The summed E-state index contributed by atoms with van der Waals surface area (Å²) < 4.78 is 6.25. The number of fused-ring (bicyclic) bond motifs is 1. The zero-order chi connectivity index (χ0) is 22.0. The maximum atomic E-state index is 11.4. The minimum absolute atomic E-state index is 0. The normalized spacial score (nSPS) is 21.2. The monoisotopic (exact) mass is 502 g/mol. The van der Waals surface area contributed by atoms with Gasteiger partial charge in [-0.15, -0.1) is 24.8 Å². The zero-order valence-corrected chi connectivity index (χ0v) is 21.4. The second-order valence-corrected chi connectivity index (χ2v) is 9.45. The molecule has 1 heterocycles. The van der Waals surface area contributed by atoms with Gasteiger partial charge in [-0.25, -0.2) is 0 Å². The fourth-order valence-electron chi connectivity index (χ4n) is 5.55. The molecule has 0 amide bonds. The smallest absolute Gasteiger partial charge is 0.135 e. The number of nitrogens with one attached hydrogen (secondary N) is 1. The minimum Gasteiger partial charge on any atom is -0.457 e. The Morgan fingerprint density at radius 1 is 0.941 bits per heavy atom. The quantitative estimate of drug-likeness (QED) is 0.417. The topological polar surface area (TPSA) is 44.7 Å². The van der Waals surface area contributed by atoms with Crippen LogP contribution in [-0.4, -0.2) is 41.3 Å². The van der Waals surface area contributed by atoms with E-state index in [1.165, 1.54) is 17.4 Å². The van der Waals surface area contributed by atoms with Crippen molar-refractivity contribution in [3.63, 3.8) is 0 Å². The first-order valence-corrected chi connectivity index (χ1v) is 12.1. The summed E-state index contributed by atoms with van der Waals surface area (Å²) in [5, 5.41) is 17.2. The van der Waals surface area contributed by atoms with Gasteiger partial charge in [0, 0.05) is 37.1 Å². The number of halogens is 2. The number of aliphatic hydroxyl groups is 1. The van der Waals surface area contributed by atoms with Crippen molar-refractivity contribution in [1.82, 2.24) is 10.2 Å². The summed E-state index contributed by atoms with van der Waals surface area (Å²) in [4.78, 5) is 2.52. The molecule has 3 aromatic rings. The molecule has 184 valence electrons. The molecule has 1 aliphatic carbocycles. The van der Waals surface area contributed by atoms with Gasteiger partial charge in [0.05, 0.1) is 5.60 Å². The van der Waals surface area contributed by atoms with Crippen LogP contribution >= 0.6 is 24.8 Å². The lowest BCUT2D eigenvalue weighted by Crippen LogP contribution is -2.58. The van der Waals surface area contributed by atoms with E-state index in [1.54, 1.807) is 0 Å². The van der Waals surface area contributed by atoms with Crippen LogP contribution in [0.1, 0.15) is 50.6 Å². The highest BCUT2D eigenvalue weighted by Gasteiger charge is 2.41. The summed E-state index contributed by atoms with van der Waals surface area (Å²) in [6.07, 6.45) is 5.36. The van der Waals surface area contributed by atoms with Gasteiger partial charge < -0.3 is 15.2 Å². The van der Waals surface area contributed by atoms with Gasteiger partial charge in [-0.05, 0) is 48.9 Å². The van der Waals surface area contributed by atoms with Gasteiger partial charge in [-0.3, -0.25) is 4.90 Å². The molecule has 0 spiro atoms. The molecule has 5 rings (SSSR count). The average Bonchev–Trinajstić information content (AvgIpc) is 2.85. The van der Waals surface area contributed by atoms with Crippen molar-refractivity contribution < 1.29 is 9.84 Å². The Morgan fingerprint density at radius 3 is 2.41 bits per heavy atom. The van der Waals surface area contributed by atoms with Crippen molar-refractivity contribution >= 4 is 35.6 Å². The lowest BCUT2D eigenvalue weighted by atomic mass is 9.78. The van der Waals surface area contributed by atoms with Gasteiger partial charge in [-0.1, -0.05) is 67.8 Å². The molecule has 2 fully saturated rings. The van der Waals surface area contributed by atoms with E-state index >= 15 is 0 Å². The van der Waals surface area contributed by atoms with E-state index < -0.39 is 5.60 Å². The number of nitrogens with zero attached hydrogens (tertiary/aromatic N) is 1. The minimum atomic E-state index is -0.564. The number of ether oxygens (including phenoxy) is 1. The van der Waals surface area contributed by atoms with E-state index in [4.69, 9.17) is 4.74 Å². The van der Waals surface area contributed by atoms with E-state index in [-0.39, 0.29) is 36.9 Å². The summed E-state index contributed by atoms with van der Waals surface area (Å²) in [7, 11) is 0. The summed E-state index contributed by atoms with van der Waals surface area (Å²) in [5.41, 5.74) is 0.708. The van der Waals surface area contributed by atoms with E-state index in [2.05, 4.69) is 65.7 Å². The summed E-state index contributed by atoms with van der Waals surface area (Å²) in [6, 6.07) is 23.4. The standard InChI is InChI=1S/C28H34N2O2.2ClH/c1-21(28(31)16-5-2-6-17-28)30-19-18-29-20-26(30)23-12-14-24(15-13-23)32-27-11-7-9-22-8-3-4-10-25(22)27;;/h3-4,7-15,21,26,29,31H,2,5-6,16-20H2,1H3;2*1H. The van der Waals surface area contributed by atoms with E-state index in [1.807, 2.05) is 18.2 Å². The van der Waals surface area contributed by atoms with Crippen LogP contribution in [0.15, 0.2) is 66.7 Å². The highest BCUT2D eigenvalue weighted by Crippen LogP contribution is 2.37. The van der Waals surface area contributed by atoms with Crippen LogP contribution in [0, 0.1) is 0 Å². The molecule has 34 heavy (non-hydrogen) atoms. The van der Waals surface area contributed by atoms with Gasteiger partial charge in [-0.2, -0.15) is 0 Å². The van der Waals surface area contributed by atoms with Crippen LogP contribution in [0.25, 0.3) is 10.8 Å². The van der Waals surface area contributed by atoms with Crippen molar-refractivity contribution in [2.45, 2.75) is 56.7 Å². The fraction of sp³-hybridized carbons (Fsp3) is 0.429. The van der Waals surface area contributed by atoms with E-state index in [9.17, 15) is 5.11 Å². The summed E-state index contributed by atoms with van der Waals surface area (Å²) in [6.45, 7) is 5.06. The third-order valence-corrected chi connectivity index (χ3v) is 7.52. The molecule has 0 aromatic heterocycles. The number of benzene rings is 3. The van der Waals surface area contributed by atoms with E-state index in [0.717, 1.165) is 62.2 Å². The van der Waals surface area contributed by atoms with E-state index in [0.29, 0.717) is 0 Å². The first kappa shape index (κ1) is 26.8. The maximum Gasteiger partial charge on any atom is 0.135 e. The second kappa shape index (κ2) is 11.7. The van der Waals surface area contributed by atoms with Crippen LogP contribution < -0.4 is 10.1 Å². The maximum absolute atomic E-state index is 11.4. The summed E-state index contributed by atoms with van der Waals surface area (Å²) in [5.74, 6) is 1.73. The van der Waals surface area contributed by atoms with Crippen molar-refractivity contribution in [3.8, 4) is 11.5 Å². The largest absolute Gasteiger partial charge is 0.457 e. The molecule has 3 aromatic carbocycles. The van der Waals surface area contributed by atoms with Gasteiger partial charge in [0.25, 0.3) is 0 Å². The molecular formula is C28H36Cl2N2O2. The molecule has 2 atom stereocenters. The van der Waals surface area contributed by atoms with Crippen molar-refractivity contribution in [2.24, 2.45) is 0 Å². The molecule has 1 saturated heterocycles. The van der Waals surface area contributed by atoms with Gasteiger partial charge in [0.2, 0.25) is 0 Å². The molecule has 2 aliphatic rings. The first-order valence-electron chi connectivity index (χ1n) is 12.1. The van der Waals surface area contributed by atoms with Gasteiger partial charge in [0.1, 0.15) is 11.5 Å². The highest BCUT2D eigenvalue weighted by molar-refractivity contribution is 5.88. The lowest BCUT2D eigenvalue weighted by Gasteiger charge is -2.48. The Balaban J connectivity index is 0.00000162. The van der Waals surface area contributed by atoms with Crippen LogP contribution in [-0.2, 0) is 0 Å². The molecule has 0 radical (unpaired) electrons. The molecular weight excluding hydrogens is 467 g/mol. The predicted molar refractivity (Wildman–Crippen MR) is 145 cm³/mol. The number of hydrogen-bond donors (Lipinski definition) is 2. The molecule has 1 saturated carbocycles. The van der Waals surface area contributed by atoms with Crippen LogP contribution in [0.5, 0.6) is 11.5 Å². The average molecular weight is 504 g/mol. The van der Waals surface area contributed by atoms with Crippen molar-refractivity contribution in [3.05, 3.63) is 72.3 Å². The SMILES string of the molecule is CC(N1CCNCC1c1ccc(Oc2cccc3ccccc23)cc1)C1(O)CCCCC1.Cl.Cl. The Bertz CT molecular complexity index is 1050. The molecule has 2 unspecified atom stereocenters. The molecule has 4 nitrogen and oxygen atoms in total. The number of hydrogen-bond acceptors (Lipinski definition) is 4. The van der Waals surface area contributed by atoms with Crippen molar-refractivity contribution in [1.29, 1.82) is 0 Å². The number of piperazine rings is 1. The Morgan fingerprint density at radius 2 is 1.65 bits per heavy atom. The summed E-state index contributed by atoms with van der Waals surface area (Å²) >= 11 is 0. The Kier molecular flexibility index (Phi) is 9.25. The molecule has 2 N–H and O–H groups in total. The number of rotatable bonds is 5. The third kappa shape index (κ3) is 5.53. The van der Waals surface area contributed by atoms with Gasteiger partial charge in [0.15, 0.2) is 0 Å². The van der Waals surface area contributed by atoms with Gasteiger partial charge >= 0.3 is 0 Å².